The summed E-state index contributed by atoms with van der Waals surface area (Å²) >= 11 is 0. The molecule has 0 saturated heterocycles. The highest BCUT2D eigenvalue weighted by molar-refractivity contribution is 7.89. The van der Waals surface area contributed by atoms with Crippen LogP contribution in [0.15, 0.2) is 29.2 Å². The van der Waals surface area contributed by atoms with Gasteiger partial charge in [0.2, 0.25) is 15.8 Å². The highest BCUT2D eigenvalue weighted by atomic mass is 32.2. The number of ether oxygens (including phenoxy) is 2. The number of carbonyl (C=O) groups excluding carboxylic acids is 3. The van der Waals surface area contributed by atoms with Crippen LogP contribution < -0.4 is 4.72 Å². The summed E-state index contributed by atoms with van der Waals surface area (Å²) in [5, 5.41) is 0. The molecule has 0 bridgehead atoms. The zero-order valence-electron chi connectivity index (χ0n) is 19.6. The van der Waals surface area contributed by atoms with Crippen molar-refractivity contribution in [3.05, 3.63) is 52.3 Å². The molecular weight excluding hydrogens is 448 g/mol. The Morgan fingerprint density at radius 1 is 1.03 bits per heavy atom. The summed E-state index contributed by atoms with van der Waals surface area (Å²) in [5.41, 5.74) is 1.44. The summed E-state index contributed by atoms with van der Waals surface area (Å²) in [6, 6.07) is 5.03. The van der Waals surface area contributed by atoms with Crippen molar-refractivity contribution in [2.24, 2.45) is 0 Å². The van der Waals surface area contributed by atoms with Gasteiger partial charge in [0, 0.05) is 11.7 Å². The van der Waals surface area contributed by atoms with Crippen LogP contribution >= 0.6 is 0 Å². The van der Waals surface area contributed by atoms with Crippen molar-refractivity contribution in [2.75, 3.05) is 6.61 Å². The number of ketones is 1. The van der Waals surface area contributed by atoms with E-state index in [4.69, 9.17) is 9.47 Å². The zero-order chi connectivity index (χ0) is 24.9. The van der Waals surface area contributed by atoms with Crippen molar-refractivity contribution in [3.63, 3.8) is 0 Å². The number of benzene rings is 1. The molecule has 2 atom stereocenters. The Morgan fingerprint density at radius 2 is 1.64 bits per heavy atom. The Bertz CT molecular complexity index is 1130. The fourth-order valence-corrected chi connectivity index (χ4v) is 4.50. The molecule has 2 rings (SSSR count). The third kappa shape index (κ3) is 6.08. The van der Waals surface area contributed by atoms with Gasteiger partial charge < -0.3 is 14.5 Å². The molecule has 180 valence electrons. The standard InChI is InChI=1S/C23H30N2O7S/c1-7-13(3)25-33(29,30)18-11-9-17(10-12-18)22(27)32-16(6)21(26)20-14(4)19(15(5)24-20)23(28)31-8-2/h9-13,16,24-25H,7-8H2,1-6H3. The van der Waals surface area contributed by atoms with Crippen LogP contribution in [-0.2, 0) is 19.5 Å². The normalized spacial score (nSPS) is 13.3. The fraction of sp³-hybridized carbons (Fsp3) is 0.435. The van der Waals surface area contributed by atoms with E-state index in [9.17, 15) is 22.8 Å². The first-order valence-electron chi connectivity index (χ1n) is 10.7. The van der Waals surface area contributed by atoms with Crippen molar-refractivity contribution in [2.45, 2.75) is 65.0 Å². The molecule has 0 saturated carbocycles. The second-order valence-electron chi connectivity index (χ2n) is 7.71. The van der Waals surface area contributed by atoms with E-state index >= 15 is 0 Å². The molecule has 10 heteroatoms. The summed E-state index contributed by atoms with van der Waals surface area (Å²) in [5.74, 6) is -1.82. The van der Waals surface area contributed by atoms with Gasteiger partial charge in [0.25, 0.3) is 0 Å². The Morgan fingerprint density at radius 3 is 2.18 bits per heavy atom. The van der Waals surface area contributed by atoms with Gasteiger partial charge in [-0.05, 0) is 70.9 Å². The fourth-order valence-electron chi connectivity index (χ4n) is 3.18. The van der Waals surface area contributed by atoms with Gasteiger partial charge in [-0.2, -0.15) is 0 Å². The smallest absolute Gasteiger partial charge is 0.340 e. The van der Waals surface area contributed by atoms with Crippen molar-refractivity contribution < 1.29 is 32.3 Å². The average Bonchev–Trinajstić information content (AvgIpc) is 3.06. The number of aryl methyl sites for hydroxylation is 1. The second kappa shape index (κ2) is 10.8. The summed E-state index contributed by atoms with van der Waals surface area (Å²) in [6.07, 6.45) is -0.504. The minimum atomic E-state index is -3.70. The summed E-state index contributed by atoms with van der Waals surface area (Å²) in [6.45, 7) is 10.2. The third-order valence-corrected chi connectivity index (χ3v) is 6.79. The lowest BCUT2D eigenvalue weighted by molar-refractivity contribution is 0.0316. The van der Waals surface area contributed by atoms with Crippen LogP contribution in [-0.4, -0.2) is 49.9 Å². The minimum absolute atomic E-state index is 0.0208. The number of H-pyrrole nitrogens is 1. The van der Waals surface area contributed by atoms with Gasteiger partial charge >= 0.3 is 11.9 Å². The predicted molar refractivity (Wildman–Crippen MR) is 122 cm³/mol. The van der Waals surface area contributed by atoms with Gasteiger partial charge in [0.05, 0.1) is 28.3 Å². The second-order valence-corrected chi connectivity index (χ2v) is 9.43. The third-order valence-electron chi connectivity index (χ3n) is 5.19. The Balaban J connectivity index is 2.14. The molecule has 1 aromatic carbocycles. The van der Waals surface area contributed by atoms with Crippen molar-refractivity contribution in [3.8, 4) is 0 Å². The summed E-state index contributed by atoms with van der Waals surface area (Å²) in [4.78, 5) is 40.4. The molecule has 0 aliphatic heterocycles. The number of rotatable bonds is 10. The summed E-state index contributed by atoms with van der Waals surface area (Å²) < 4.78 is 37.5. The van der Waals surface area contributed by atoms with E-state index < -0.39 is 33.8 Å². The number of Topliss-reactive ketones (excluding diaryl/α,β-unsaturated/α-hetero) is 1. The van der Waals surface area contributed by atoms with Gasteiger partial charge in [0.1, 0.15) is 0 Å². The molecule has 2 aromatic rings. The Labute approximate surface area is 193 Å². The van der Waals surface area contributed by atoms with E-state index in [1.54, 1.807) is 27.7 Å². The molecule has 0 spiro atoms. The molecule has 0 fully saturated rings. The molecule has 1 heterocycles. The van der Waals surface area contributed by atoms with Crippen LogP contribution in [0.25, 0.3) is 0 Å². The monoisotopic (exact) mass is 478 g/mol. The van der Waals surface area contributed by atoms with E-state index in [2.05, 4.69) is 9.71 Å². The topological polar surface area (TPSA) is 132 Å². The average molecular weight is 479 g/mol. The van der Waals surface area contributed by atoms with Crippen LogP contribution in [0.1, 0.15) is 76.6 Å². The molecule has 9 nitrogen and oxygen atoms in total. The number of sulfonamides is 1. The number of esters is 2. The lowest BCUT2D eigenvalue weighted by Crippen LogP contribution is -2.32. The maximum absolute atomic E-state index is 12.8. The van der Waals surface area contributed by atoms with Crippen molar-refractivity contribution in [1.29, 1.82) is 0 Å². The molecule has 2 N–H and O–H groups in total. The number of aromatic amines is 1. The molecule has 0 aliphatic carbocycles. The van der Waals surface area contributed by atoms with Crippen LogP contribution in [0.5, 0.6) is 0 Å². The first-order chi connectivity index (χ1) is 15.4. The lowest BCUT2D eigenvalue weighted by Gasteiger charge is -2.14. The van der Waals surface area contributed by atoms with Crippen LogP contribution in [0, 0.1) is 13.8 Å². The van der Waals surface area contributed by atoms with Gasteiger partial charge in [0.15, 0.2) is 6.10 Å². The lowest BCUT2D eigenvalue weighted by atomic mass is 10.1. The van der Waals surface area contributed by atoms with E-state index in [0.29, 0.717) is 17.7 Å². The number of nitrogens with one attached hydrogen (secondary N) is 2. The first-order valence-corrected chi connectivity index (χ1v) is 12.1. The Hall–Kier alpha value is -2.98. The van der Waals surface area contributed by atoms with Crippen LogP contribution in [0.4, 0.5) is 0 Å². The Kier molecular flexibility index (Phi) is 8.57. The van der Waals surface area contributed by atoms with Crippen LogP contribution in [0.3, 0.4) is 0 Å². The largest absolute Gasteiger partial charge is 0.462 e. The number of aromatic nitrogens is 1. The van der Waals surface area contributed by atoms with E-state index in [-0.39, 0.29) is 34.4 Å². The van der Waals surface area contributed by atoms with Crippen LogP contribution in [0.2, 0.25) is 0 Å². The molecular formula is C23H30N2O7S. The maximum Gasteiger partial charge on any atom is 0.340 e. The minimum Gasteiger partial charge on any atom is -0.462 e. The highest BCUT2D eigenvalue weighted by Crippen LogP contribution is 2.21. The van der Waals surface area contributed by atoms with Crippen molar-refractivity contribution >= 4 is 27.7 Å². The molecule has 33 heavy (non-hydrogen) atoms. The molecule has 2 unspecified atom stereocenters. The van der Waals surface area contributed by atoms with E-state index in [1.807, 2.05) is 6.92 Å². The first kappa shape index (κ1) is 26.3. The van der Waals surface area contributed by atoms with E-state index in [0.717, 1.165) is 0 Å². The SMILES string of the molecule is CCOC(=O)c1c(C)[nH]c(C(=O)C(C)OC(=O)c2ccc(S(=O)(=O)NC(C)CC)cc2)c1C. The van der Waals surface area contributed by atoms with Gasteiger partial charge in [-0.15, -0.1) is 0 Å². The maximum atomic E-state index is 12.8. The molecule has 0 radical (unpaired) electrons. The van der Waals surface area contributed by atoms with Crippen molar-refractivity contribution in [1.82, 2.24) is 9.71 Å². The van der Waals surface area contributed by atoms with Gasteiger partial charge in [-0.25, -0.2) is 22.7 Å². The van der Waals surface area contributed by atoms with Gasteiger partial charge in [-0.3, -0.25) is 4.79 Å². The van der Waals surface area contributed by atoms with Gasteiger partial charge in [-0.1, -0.05) is 6.92 Å². The molecule has 0 amide bonds. The van der Waals surface area contributed by atoms with E-state index in [1.165, 1.54) is 31.2 Å². The molecule has 1 aromatic heterocycles. The number of hydrogen-bond acceptors (Lipinski definition) is 7. The molecule has 0 aliphatic rings. The predicted octanol–water partition coefficient (Wildman–Crippen LogP) is 3.31. The quantitative estimate of drug-likeness (QED) is 0.395. The highest BCUT2D eigenvalue weighted by Gasteiger charge is 2.28. The number of carbonyl (C=O) groups is 3. The zero-order valence-corrected chi connectivity index (χ0v) is 20.5. The summed E-state index contributed by atoms with van der Waals surface area (Å²) in [7, 11) is -3.70. The number of hydrogen-bond donors (Lipinski definition) is 2.